The maximum Gasteiger partial charge on any atom is 0.227 e. The minimum atomic E-state index is -0.611. The van der Waals surface area contributed by atoms with Crippen molar-refractivity contribution in [3.8, 4) is 11.5 Å². The van der Waals surface area contributed by atoms with Crippen LogP contribution in [0.2, 0.25) is 0 Å². The fraction of sp³-hybridized carbons (Fsp3) is 0.355. The summed E-state index contributed by atoms with van der Waals surface area (Å²) in [6.07, 6.45) is 5.74. The number of unbranched alkanes of at least 4 members (excludes halogenated alkanes) is 2. The van der Waals surface area contributed by atoms with Gasteiger partial charge in [-0.3, -0.25) is 14.5 Å². The largest absolute Gasteiger partial charge is 0.493 e. The molecule has 0 bridgehead atoms. The van der Waals surface area contributed by atoms with Gasteiger partial charge >= 0.3 is 0 Å². The molecular weight excluding hydrogens is 480 g/mol. The van der Waals surface area contributed by atoms with E-state index in [1.807, 2.05) is 59.5 Å². The Kier molecular flexibility index (Phi) is 7.54. The molecule has 0 spiro atoms. The first kappa shape index (κ1) is 25.6. The van der Waals surface area contributed by atoms with E-state index in [-0.39, 0.29) is 17.6 Å². The Labute approximate surface area is 223 Å². The van der Waals surface area contributed by atoms with Gasteiger partial charge in [-0.25, -0.2) is 0 Å². The number of allylic oxidation sites excluding steroid dienone is 1. The van der Waals surface area contributed by atoms with Crippen molar-refractivity contribution in [2.75, 3.05) is 24.4 Å². The molecule has 2 heterocycles. The molecular formula is C31H34N2O5. The van der Waals surface area contributed by atoms with Gasteiger partial charge in [0.1, 0.15) is 5.76 Å². The van der Waals surface area contributed by atoms with E-state index < -0.39 is 6.04 Å². The molecule has 1 aliphatic heterocycles. The summed E-state index contributed by atoms with van der Waals surface area (Å²) in [6, 6.07) is 16.6. The molecule has 2 aromatic carbocycles. The molecule has 0 unspecified atom stereocenters. The monoisotopic (exact) mass is 514 g/mol. The molecule has 0 saturated heterocycles. The van der Waals surface area contributed by atoms with Gasteiger partial charge < -0.3 is 19.2 Å². The number of carbonyl (C=O) groups excluding carboxylic acids is 2. The highest BCUT2D eigenvalue weighted by molar-refractivity contribution is 6.06. The van der Waals surface area contributed by atoms with Crippen LogP contribution in [-0.4, -0.2) is 25.9 Å². The van der Waals surface area contributed by atoms with E-state index in [0.717, 1.165) is 47.7 Å². The zero-order chi connectivity index (χ0) is 26.6. The minimum Gasteiger partial charge on any atom is -0.493 e. The third kappa shape index (κ3) is 4.80. The lowest BCUT2D eigenvalue weighted by atomic mass is 9.80. The second kappa shape index (κ2) is 11.2. The molecule has 2 aliphatic rings. The maximum absolute atomic E-state index is 14.0. The van der Waals surface area contributed by atoms with E-state index in [1.54, 1.807) is 20.5 Å². The molecule has 0 fully saturated rings. The predicted molar refractivity (Wildman–Crippen MR) is 147 cm³/mol. The number of nitrogens with one attached hydrogen (secondary N) is 1. The Morgan fingerprint density at radius 2 is 1.84 bits per heavy atom. The topological polar surface area (TPSA) is 81.0 Å². The van der Waals surface area contributed by atoms with Crippen LogP contribution in [0.25, 0.3) is 0 Å². The number of fused-ring (bicyclic) bond motifs is 1. The number of benzene rings is 2. The van der Waals surface area contributed by atoms with Crippen LogP contribution in [0.4, 0.5) is 11.4 Å². The number of amides is 1. The van der Waals surface area contributed by atoms with Crippen LogP contribution in [0.1, 0.15) is 68.7 Å². The summed E-state index contributed by atoms with van der Waals surface area (Å²) >= 11 is 0. The molecule has 1 N–H and O–H groups in total. The van der Waals surface area contributed by atoms with Crippen molar-refractivity contribution < 1.29 is 23.5 Å². The number of furan rings is 1. The summed E-state index contributed by atoms with van der Waals surface area (Å²) in [7, 11) is 3.18. The number of methoxy groups -OCH3 is 2. The summed E-state index contributed by atoms with van der Waals surface area (Å²) < 4.78 is 16.8. The molecule has 198 valence electrons. The van der Waals surface area contributed by atoms with Crippen molar-refractivity contribution in [2.24, 2.45) is 0 Å². The van der Waals surface area contributed by atoms with Gasteiger partial charge in [0, 0.05) is 30.0 Å². The predicted octanol–water partition coefficient (Wildman–Crippen LogP) is 6.78. The number of nitrogens with zero attached hydrogens (tertiary/aromatic N) is 1. The van der Waals surface area contributed by atoms with Gasteiger partial charge in [0.25, 0.3) is 0 Å². The van der Waals surface area contributed by atoms with Crippen molar-refractivity contribution in [1.82, 2.24) is 0 Å². The number of anilines is 2. The number of hydrogen-bond acceptors (Lipinski definition) is 6. The van der Waals surface area contributed by atoms with E-state index in [2.05, 4.69) is 12.2 Å². The molecule has 0 saturated carbocycles. The number of para-hydroxylation sites is 2. The number of carbonyl (C=O) groups is 2. The summed E-state index contributed by atoms with van der Waals surface area (Å²) in [5.41, 5.74) is 3.78. The van der Waals surface area contributed by atoms with Crippen LogP contribution < -0.4 is 19.7 Å². The molecule has 1 amide bonds. The first-order valence-corrected chi connectivity index (χ1v) is 13.2. The lowest BCUT2D eigenvalue weighted by Crippen LogP contribution is -2.38. The molecule has 3 aromatic rings. The summed E-state index contributed by atoms with van der Waals surface area (Å²) in [6.45, 7) is 2.12. The normalized spacial score (nSPS) is 18.8. The third-order valence-corrected chi connectivity index (χ3v) is 7.42. The first-order chi connectivity index (χ1) is 18.5. The Bertz CT molecular complexity index is 1340. The lowest BCUT2D eigenvalue weighted by Gasteiger charge is -2.35. The number of rotatable bonds is 8. The minimum absolute atomic E-state index is 0.000834. The lowest BCUT2D eigenvalue weighted by molar-refractivity contribution is -0.119. The molecule has 38 heavy (non-hydrogen) atoms. The van der Waals surface area contributed by atoms with Gasteiger partial charge in [0.15, 0.2) is 17.3 Å². The van der Waals surface area contributed by atoms with Gasteiger partial charge in [-0.1, -0.05) is 38.0 Å². The molecule has 1 aliphatic carbocycles. The zero-order valence-corrected chi connectivity index (χ0v) is 22.2. The van der Waals surface area contributed by atoms with E-state index in [0.29, 0.717) is 36.3 Å². The summed E-state index contributed by atoms with van der Waals surface area (Å²) in [4.78, 5) is 29.8. The summed E-state index contributed by atoms with van der Waals surface area (Å²) in [5.74, 6) is 1.84. The van der Waals surface area contributed by atoms with Crippen LogP contribution >= 0.6 is 0 Å². The van der Waals surface area contributed by atoms with E-state index in [1.165, 1.54) is 0 Å². The van der Waals surface area contributed by atoms with E-state index >= 15 is 0 Å². The average molecular weight is 515 g/mol. The number of Topliss-reactive ketones (excluding diaryl/α,β-unsaturated/α-hetero) is 1. The smallest absolute Gasteiger partial charge is 0.227 e. The van der Waals surface area contributed by atoms with Crippen LogP contribution in [0, 0.1) is 0 Å². The summed E-state index contributed by atoms with van der Waals surface area (Å²) in [5, 5.41) is 3.55. The van der Waals surface area contributed by atoms with Crippen molar-refractivity contribution in [2.45, 2.75) is 57.4 Å². The van der Waals surface area contributed by atoms with Crippen LogP contribution in [0.15, 0.2) is 76.5 Å². The SMILES string of the molecule is CCCCCC(=O)N1c2ccccc2NC2=C(C(=O)C[C@@H](c3ccco3)C2)[C@H]1c1ccc(OC)c(OC)c1. The standard InChI is InChI=1S/C31H34N2O5/c1-4-5-6-13-29(35)33-24-11-8-7-10-22(24)32-23-17-21(26-12-9-16-38-26)18-25(34)30(23)31(33)20-14-15-27(36-2)28(19-20)37-3/h7-12,14-16,19,21,31-32H,4-6,13,17-18H2,1-3H3/t21-,31+/m0/s1. The number of ether oxygens (including phenoxy) is 2. The van der Waals surface area contributed by atoms with Gasteiger partial charge in [-0.05, 0) is 54.8 Å². The van der Waals surface area contributed by atoms with Gasteiger partial charge in [-0.15, -0.1) is 0 Å². The highest BCUT2D eigenvalue weighted by Gasteiger charge is 2.42. The van der Waals surface area contributed by atoms with E-state index in [4.69, 9.17) is 13.9 Å². The molecule has 2 atom stereocenters. The molecule has 5 rings (SSSR count). The van der Waals surface area contributed by atoms with Crippen molar-refractivity contribution in [3.05, 3.63) is 83.5 Å². The van der Waals surface area contributed by atoms with Crippen LogP contribution in [0.5, 0.6) is 11.5 Å². The Balaban J connectivity index is 1.70. The second-order valence-corrected chi connectivity index (χ2v) is 9.82. The van der Waals surface area contributed by atoms with Crippen molar-refractivity contribution in [1.29, 1.82) is 0 Å². The molecule has 7 heteroatoms. The van der Waals surface area contributed by atoms with Crippen molar-refractivity contribution >= 4 is 23.1 Å². The van der Waals surface area contributed by atoms with Crippen LogP contribution in [0.3, 0.4) is 0 Å². The number of hydrogen-bond donors (Lipinski definition) is 1. The highest BCUT2D eigenvalue weighted by Crippen LogP contribution is 2.48. The number of ketones is 1. The van der Waals surface area contributed by atoms with Gasteiger partial charge in [-0.2, -0.15) is 0 Å². The molecule has 7 nitrogen and oxygen atoms in total. The average Bonchev–Trinajstić information content (AvgIpc) is 3.43. The third-order valence-electron chi connectivity index (χ3n) is 7.42. The zero-order valence-electron chi connectivity index (χ0n) is 22.2. The maximum atomic E-state index is 14.0. The Morgan fingerprint density at radius 1 is 1.03 bits per heavy atom. The Morgan fingerprint density at radius 3 is 2.58 bits per heavy atom. The Hall–Kier alpha value is -4.00. The fourth-order valence-corrected chi connectivity index (χ4v) is 5.58. The second-order valence-electron chi connectivity index (χ2n) is 9.82. The van der Waals surface area contributed by atoms with Gasteiger partial charge in [0.2, 0.25) is 5.91 Å². The molecule has 0 radical (unpaired) electrons. The highest BCUT2D eigenvalue weighted by atomic mass is 16.5. The fourth-order valence-electron chi connectivity index (χ4n) is 5.58. The molecule has 1 aromatic heterocycles. The van der Waals surface area contributed by atoms with Gasteiger partial charge in [0.05, 0.1) is 37.9 Å². The van der Waals surface area contributed by atoms with E-state index in [9.17, 15) is 9.59 Å². The van der Waals surface area contributed by atoms with Crippen molar-refractivity contribution in [3.63, 3.8) is 0 Å². The quantitative estimate of drug-likeness (QED) is 0.334. The first-order valence-electron chi connectivity index (χ1n) is 13.2. The van der Waals surface area contributed by atoms with Crippen LogP contribution in [-0.2, 0) is 9.59 Å².